The number of hydrogen-bond donors (Lipinski definition) is 3. The van der Waals surface area contributed by atoms with Crippen molar-refractivity contribution in [3.05, 3.63) is 58.4 Å². The number of carbonyl (C=O) groups excluding carboxylic acids is 1. The lowest BCUT2D eigenvalue weighted by Gasteiger charge is -2.40. The SMILES string of the molecule is CN1C(=N)N[C@](C)(c2cc(NC(=O)c3ccc(C(F)(F)F)cn3)ccc2Cl)CS1(=O)=O. The molecule has 31 heavy (non-hydrogen) atoms. The van der Waals surface area contributed by atoms with Crippen molar-refractivity contribution in [2.24, 2.45) is 0 Å². The van der Waals surface area contributed by atoms with E-state index in [0.717, 1.165) is 16.4 Å². The largest absolute Gasteiger partial charge is 0.417 e. The summed E-state index contributed by atoms with van der Waals surface area (Å²) >= 11 is 6.26. The summed E-state index contributed by atoms with van der Waals surface area (Å²) in [6.07, 6.45) is -4.01. The van der Waals surface area contributed by atoms with E-state index in [4.69, 9.17) is 17.0 Å². The van der Waals surface area contributed by atoms with Gasteiger partial charge in [0.1, 0.15) is 5.69 Å². The molecule has 2 aromatic rings. The maximum Gasteiger partial charge on any atom is 0.417 e. The van der Waals surface area contributed by atoms with Crippen LogP contribution in [0.3, 0.4) is 0 Å². The van der Waals surface area contributed by atoms with Gasteiger partial charge in [-0.3, -0.25) is 15.2 Å². The molecule has 1 aromatic carbocycles. The molecule has 0 aliphatic carbocycles. The van der Waals surface area contributed by atoms with Crippen LogP contribution >= 0.6 is 11.6 Å². The van der Waals surface area contributed by atoms with E-state index in [1.165, 1.54) is 25.2 Å². The van der Waals surface area contributed by atoms with Crippen LogP contribution in [0, 0.1) is 5.41 Å². The molecule has 1 aliphatic rings. The minimum atomic E-state index is -4.57. The van der Waals surface area contributed by atoms with E-state index in [-0.39, 0.29) is 22.4 Å². The molecule has 1 amide bonds. The van der Waals surface area contributed by atoms with Gasteiger partial charge in [0.05, 0.1) is 16.9 Å². The van der Waals surface area contributed by atoms with Crippen LogP contribution in [0.25, 0.3) is 0 Å². The summed E-state index contributed by atoms with van der Waals surface area (Å²) in [5, 5.41) is 13.4. The Bertz CT molecular complexity index is 1160. The molecule has 2 heterocycles. The van der Waals surface area contributed by atoms with Crippen molar-refractivity contribution in [3.8, 4) is 0 Å². The summed E-state index contributed by atoms with van der Waals surface area (Å²) in [4.78, 5) is 15.9. The number of alkyl halides is 3. The third-order valence-corrected chi connectivity index (χ3v) is 7.03. The van der Waals surface area contributed by atoms with Crippen molar-refractivity contribution in [2.45, 2.75) is 18.6 Å². The molecule has 8 nitrogen and oxygen atoms in total. The number of nitrogens with one attached hydrogen (secondary N) is 3. The molecule has 1 saturated heterocycles. The standard InChI is InChI=1S/C18H17ClF3N5O3S/c1-17(9-31(29,30)27(2)16(23)26-17)12-7-11(4-5-13(12)19)25-15(28)14-6-3-10(8-24-14)18(20,21)22/h3-8H,9H2,1-2H3,(H2,23,26)(H,25,28)/t17-/m0/s1. The number of aromatic nitrogens is 1. The number of amides is 1. The topological polar surface area (TPSA) is 115 Å². The van der Waals surface area contributed by atoms with Crippen LogP contribution in [0.1, 0.15) is 28.5 Å². The zero-order valence-electron chi connectivity index (χ0n) is 16.2. The second kappa shape index (κ2) is 7.68. The van der Waals surface area contributed by atoms with Crippen LogP contribution in [0.2, 0.25) is 5.02 Å². The zero-order valence-corrected chi connectivity index (χ0v) is 17.8. The van der Waals surface area contributed by atoms with Crippen LogP contribution in [-0.2, 0) is 21.7 Å². The fourth-order valence-corrected chi connectivity index (χ4v) is 4.84. The van der Waals surface area contributed by atoms with Gasteiger partial charge >= 0.3 is 6.18 Å². The molecule has 1 aromatic heterocycles. The highest BCUT2D eigenvalue weighted by molar-refractivity contribution is 7.89. The van der Waals surface area contributed by atoms with Gasteiger partial charge < -0.3 is 10.6 Å². The van der Waals surface area contributed by atoms with Crippen LogP contribution in [0.15, 0.2) is 36.5 Å². The lowest BCUT2D eigenvalue weighted by molar-refractivity contribution is -0.137. The summed E-state index contributed by atoms with van der Waals surface area (Å²) in [6.45, 7) is 1.55. The average molecular weight is 476 g/mol. The highest BCUT2D eigenvalue weighted by Gasteiger charge is 2.43. The molecule has 1 aliphatic heterocycles. The number of benzene rings is 1. The number of anilines is 1. The van der Waals surface area contributed by atoms with Crippen molar-refractivity contribution >= 4 is 39.2 Å². The average Bonchev–Trinajstić information content (AvgIpc) is 2.66. The van der Waals surface area contributed by atoms with E-state index in [9.17, 15) is 26.4 Å². The monoisotopic (exact) mass is 475 g/mol. The first kappa shape index (κ1) is 22.8. The number of sulfonamides is 1. The van der Waals surface area contributed by atoms with Gasteiger partial charge in [0.2, 0.25) is 16.0 Å². The first-order valence-corrected chi connectivity index (χ1v) is 10.7. The van der Waals surface area contributed by atoms with Gasteiger partial charge in [0.25, 0.3) is 5.91 Å². The molecule has 1 atom stereocenters. The number of guanidine groups is 1. The molecule has 1 fully saturated rings. The number of hydrogen-bond acceptors (Lipinski definition) is 5. The molecule has 0 unspecified atom stereocenters. The Kier molecular flexibility index (Phi) is 5.65. The first-order chi connectivity index (χ1) is 14.2. The molecule has 0 bridgehead atoms. The highest BCUT2D eigenvalue weighted by atomic mass is 35.5. The second-order valence-corrected chi connectivity index (χ2v) is 9.52. The minimum Gasteiger partial charge on any atom is -0.345 e. The Morgan fingerprint density at radius 1 is 1.32 bits per heavy atom. The quantitative estimate of drug-likeness (QED) is 0.631. The van der Waals surface area contributed by atoms with E-state index in [2.05, 4.69) is 15.6 Å². The predicted octanol–water partition coefficient (Wildman–Crippen LogP) is 3.02. The lowest BCUT2D eigenvalue weighted by Crippen LogP contribution is -2.60. The van der Waals surface area contributed by atoms with Crippen molar-refractivity contribution in [1.82, 2.24) is 14.6 Å². The number of rotatable bonds is 3. The Hall–Kier alpha value is -2.86. The molecular formula is C18H17ClF3N5O3S. The number of carbonyl (C=O) groups is 1. The van der Waals surface area contributed by atoms with E-state index in [0.29, 0.717) is 11.8 Å². The van der Waals surface area contributed by atoms with Crippen molar-refractivity contribution < 1.29 is 26.4 Å². The third kappa shape index (κ3) is 4.59. The summed E-state index contributed by atoms with van der Waals surface area (Å²) in [5.41, 5.74) is -1.95. The maximum absolute atomic E-state index is 12.6. The van der Waals surface area contributed by atoms with Gasteiger partial charge in [-0.15, -0.1) is 0 Å². The predicted molar refractivity (Wildman–Crippen MR) is 108 cm³/mol. The van der Waals surface area contributed by atoms with Gasteiger partial charge in [-0.05, 0) is 42.8 Å². The molecule has 3 rings (SSSR count). The van der Waals surface area contributed by atoms with E-state index in [1.807, 2.05) is 0 Å². The van der Waals surface area contributed by atoms with Crippen molar-refractivity contribution in [2.75, 3.05) is 18.1 Å². The fraction of sp³-hybridized carbons (Fsp3) is 0.278. The van der Waals surface area contributed by atoms with Crippen molar-refractivity contribution in [1.29, 1.82) is 5.41 Å². The fourth-order valence-electron chi connectivity index (χ4n) is 3.04. The summed E-state index contributed by atoms with van der Waals surface area (Å²) in [7, 11) is -2.53. The summed E-state index contributed by atoms with van der Waals surface area (Å²) < 4.78 is 63.5. The summed E-state index contributed by atoms with van der Waals surface area (Å²) in [6, 6.07) is 6.02. The van der Waals surface area contributed by atoms with Gasteiger partial charge in [0.15, 0.2) is 0 Å². The van der Waals surface area contributed by atoms with Gasteiger partial charge in [0, 0.05) is 24.0 Å². The third-order valence-electron chi connectivity index (χ3n) is 4.74. The smallest absolute Gasteiger partial charge is 0.345 e. The molecular weight excluding hydrogens is 459 g/mol. The van der Waals surface area contributed by atoms with Gasteiger partial charge in [-0.2, -0.15) is 13.2 Å². The molecule has 13 heteroatoms. The zero-order chi connectivity index (χ0) is 23.2. The Morgan fingerprint density at radius 2 is 2.00 bits per heavy atom. The Morgan fingerprint density at radius 3 is 2.55 bits per heavy atom. The van der Waals surface area contributed by atoms with Crippen LogP contribution < -0.4 is 10.6 Å². The Labute approximate surface area is 181 Å². The molecule has 166 valence electrons. The van der Waals surface area contributed by atoms with E-state index in [1.54, 1.807) is 6.92 Å². The van der Waals surface area contributed by atoms with Crippen LogP contribution in [0.4, 0.5) is 18.9 Å². The molecule has 0 radical (unpaired) electrons. The number of nitrogens with zero attached hydrogens (tertiary/aromatic N) is 2. The second-order valence-electron chi connectivity index (χ2n) is 7.11. The Balaban J connectivity index is 1.88. The summed E-state index contributed by atoms with van der Waals surface area (Å²) in [5.74, 6) is -1.49. The molecule has 0 spiro atoms. The van der Waals surface area contributed by atoms with Crippen LogP contribution in [-0.4, -0.2) is 42.4 Å². The first-order valence-electron chi connectivity index (χ1n) is 8.71. The normalized spacial score (nSPS) is 20.8. The van der Waals surface area contributed by atoms with Crippen molar-refractivity contribution in [3.63, 3.8) is 0 Å². The van der Waals surface area contributed by atoms with Gasteiger partial charge in [-0.25, -0.2) is 12.7 Å². The van der Waals surface area contributed by atoms with Crippen LogP contribution in [0.5, 0.6) is 0 Å². The lowest BCUT2D eigenvalue weighted by atomic mass is 9.93. The number of halogens is 4. The maximum atomic E-state index is 12.6. The van der Waals surface area contributed by atoms with Gasteiger partial charge in [-0.1, -0.05) is 11.6 Å². The molecule has 0 saturated carbocycles. The molecule has 3 N–H and O–H groups in total. The minimum absolute atomic E-state index is 0.202. The van der Waals surface area contributed by atoms with E-state index >= 15 is 0 Å². The number of pyridine rings is 1. The highest BCUT2D eigenvalue weighted by Crippen LogP contribution is 2.34. The van der Waals surface area contributed by atoms with E-state index < -0.39 is 39.0 Å².